The van der Waals surface area contributed by atoms with Crippen LogP contribution in [0, 0.1) is 11.8 Å². The molecule has 3 aromatic heterocycles. The van der Waals surface area contributed by atoms with Crippen molar-refractivity contribution in [3.8, 4) is 0 Å². The topological polar surface area (TPSA) is 97.8 Å². The van der Waals surface area contributed by atoms with Gasteiger partial charge in [0.15, 0.2) is 5.65 Å². The number of piperidine rings is 1. The maximum Gasteiger partial charge on any atom is 0.393 e. The number of aromatic nitrogens is 4. The molecule has 7 nitrogen and oxygen atoms in total. The predicted molar refractivity (Wildman–Crippen MR) is 117 cm³/mol. The number of pyridine rings is 1. The third kappa shape index (κ3) is 4.38. The third-order valence-electron chi connectivity index (χ3n) is 7.28. The van der Waals surface area contributed by atoms with Gasteiger partial charge in [0.1, 0.15) is 0 Å². The van der Waals surface area contributed by atoms with Crippen molar-refractivity contribution in [1.82, 2.24) is 25.1 Å². The van der Waals surface area contributed by atoms with E-state index in [1.165, 1.54) is 0 Å². The summed E-state index contributed by atoms with van der Waals surface area (Å²) < 4.78 is 64.1. The number of nitrogens with one attached hydrogen (secondary N) is 1. The average molecular weight is 481 g/mol. The summed E-state index contributed by atoms with van der Waals surface area (Å²) >= 11 is -2.46. The number of fused-ring (bicyclic) bond motifs is 3. The van der Waals surface area contributed by atoms with Gasteiger partial charge in [0, 0.05) is 46.7 Å². The predicted octanol–water partition coefficient (Wildman–Crippen LogP) is 4.26. The number of halogens is 3. The third-order valence-corrected chi connectivity index (χ3v) is 8.35. The number of nitrogens with zero attached hydrogens (tertiary/aromatic N) is 4. The summed E-state index contributed by atoms with van der Waals surface area (Å²) in [6, 6.07) is 1.93. The van der Waals surface area contributed by atoms with E-state index in [0.29, 0.717) is 31.5 Å². The summed E-state index contributed by atoms with van der Waals surface area (Å²) in [7, 11) is 0. The molecule has 0 bridgehead atoms. The highest BCUT2D eigenvalue weighted by molar-refractivity contribution is 7.79. The average Bonchev–Trinajstić information content (AvgIpc) is 3.28. The maximum atomic E-state index is 13.3. The zero-order valence-corrected chi connectivity index (χ0v) is 18.7. The molecule has 3 aromatic rings. The number of hydrogen-bond donors (Lipinski definition) is 1. The lowest BCUT2D eigenvalue weighted by atomic mass is 9.78. The van der Waals surface area contributed by atoms with Gasteiger partial charge in [-0.15, -0.1) is 0 Å². The van der Waals surface area contributed by atoms with Crippen LogP contribution in [0.3, 0.4) is 0 Å². The van der Waals surface area contributed by atoms with Gasteiger partial charge in [0.2, 0.25) is 0 Å². The Balaban J connectivity index is 1.35. The van der Waals surface area contributed by atoms with Crippen LogP contribution < -0.4 is 0 Å². The molecular weight excluding hydrogens is 455 g/mol. The van der Waals surface area contributed by atoms with E-state index in [2.05, 4.69) is 20.2 Å². The zero-order chi connectivity index (χ0) is 23.2. The van der Waals surface area contributed by atoms with Gasteiger partial charge in [-0.2, -0.15) is 18.3 Å². The van der Waals surface area contributed by atoms with E-state index in [1.54, 1.807) is 23.5 Å². The second kappa shape index (κ2) is 8.92. The van der Waals surface area contributed by atoms with Gasteiger partial charge in [-0.1, -0.05) is 0 Å². The highest BCUT2D eigenvalue weighted by Gasteiger charge is 2.44. The van der Waals surface area contributed by atoms with E-state index in [4.69, 9.17) is 0 Å². The standard InChI is InChI=1S/C22H26F3N5O2S/c23-22(24,25)16-2-1-9-30(12-16)21(33(31)32)14-5-3-13(4-6-14)19-18-15(11-28-29-19)10-27-20-17(18)7-8-26-20/h7-8,10-11,13-14,16,21,29H,1-6,9,12H2,(H,31,32)/p-1. The van der Waals surface area contributed by atoms with Crippen molar-refractivity contribution in [2.24, 2.45) is 11.8 Å². The van der Waals surface area contributed by atoms with Gasteiger partial charge in [-0.3, -0.25) is 14.2 Å². The Hall–Kier alpha value is -2.11. The molecule has 0 spiro atoms. The van der Waals surface area contributed by atoms with E-state index in [1.807, 2.05) is 6.07 Å². The van der Waals surface area contributed by atoms with Crippen molar-refractivity contribution in [2.45, 2.75) is 56.0 Å². The molecule has 0 amide bonds. The summed E-state index contributed by atoms with van der Waals surface area (Å²) in [6.07, 6.45) is 4.09. The molecule has 11 heteroatoms. The van der Waals surface area contributed by atoms with Gasteiger partial charge in [0.05, 0.1) is 17.5 Å². The summed E-state index contributed by atoms with van der Waals surface area (Å²) in [5.74, 6) is -1.49. The van der Waals surface area contributed by atoms with Gasteiger partial charge in [-0.05, 0) is 68.1 Å². The van der Waals surface area contributed by atoms with E-state index in [-0.39, 0.29) is 24.8 Å². The summed E-state index contributed by atoms with van der Waals surface area (Å²) in [5.41, 5.74) is 1.66. The molecule has 0 radical (unpaired) electrons. The Kier molecular flexibility index (Phi) is 6.13. The maximum absolute atomic E-state index is 13.3. The van der Waals surface area contributed by atoms with Crippen molar-refractivity contribution >= 4 is 32.9 Å². The molecule has 1 aliphatic heterocycles. The first kappa shape index (κ1) is 22.7. The highest BCUT2D eigenvalue weighted by Crippen LogP contribution is 2.42. The van der Waals surface area contributed by atoms with Gasteiger partial charge in [-0.25, -0.2) is 9.97 Å². The molecule has 0 aromatic carbocycles. The van der Waals surface area contributed by atoms with E-state index < -0.39 is 28.5 Å². The van der Waals surface area contributed by atoms with Crippen LogP contribution in [0.5, 0.6) is 0 Å². The van der Waals surface area contributed by atoms with E-state index >= 15 is 0 Å². The fourth-order valence-corrected chi connectivity index (χ4v) is 6.69. The second-order valence-corrected chi connectivity index (χ2v) is 10.2. The van der Waals surface area contributed by atoms with Crippen LogP contribution in [0.4, 0.5) is 13.2 Å². The van der Waals surface area contributed by atoms with Crippen LogP contribution in [-0.4, -0.2) is 58.5 Å². The Morgan fingerprint density at radius 3 is 2.67 bits per heavy atom. The monoisotopic (exact) mass is 480 g/mol. The SMILES string of the molecule is O=S([O-])C(C1CCC(c2[nH]ncc3cnc4nccc4c23)CC1)N1CCCC(C(F)(F)F)C1. The Bertz CT molecular complexity index is 1160. The molecule has 178 valence electrons. The normalized spacial score (nSPS) is 27.1. The van der Waals surface area contributed by atoms with E-state index in [9.17, 15) is 21.9 Å². The fraction of sp³-hybridized carbons (Fsp3) is 0.591. The lowest BCUT2D eigenvalue weighted by molar-refractivity contribution is -0.188. The van der Waals surface area contributed by atoms with Crippen molar-refractivity contribution < 1.29 is 21.9 Å². The molecule has 2 aliphatic rings. The molecule has 1 aliphatic carbocycles. The van der Waals surface area contributed by atoms with Crippen LogP contribution in [0.2, 0.25) is 0 Å². The lowest BCUT2D eigenvalue weighted by Crippen LogP contribution is -2.51. The minimum absolute atomic E-state index is 0.0643. The number of hydrogen-bond acceptors (Lipinski definition) is 6. The van der Waals surface area contributed by atoms with Crippen molar-refractivity contribution in [3.05, 3.63) is 30.4 Å². The number of aromatic amines is 1. The zero-order valence-electron chi connectivity index (χ0n) is 17.9. The second-order valence-electron chi connectivity index (χ2n) is 9.19. The van der Waals surface area contributed by atoms with Gasteiger partial charge < -0.3 is 4.55 Å². The van der Waals surface area contributed by atoms with Gasteiger partial charge >= 0.3 is 6.18 Å². The largest absolute Gasteiger partial charge is 0.771 e. The molecule has 2 fully saturated rings. The highest BCUT2D eigenvalue weighted by atomic mass is 32.2. The lowest BCUT2D eigenvalue weighted by Gasteiger charge is -2.44. The minimum Gasteiger partial charge on any atom is -0.771 e. The van der Waals surface area contributed by atoms with Crippen LogP contribution in [-0.2, 0) is 11.1 Å². The number of likely N-dealkylation sites (tertiary alicyclic amines) is 1. The van der Waals surface area contributed by atoms with Crippen molar-refractivity contribution in [2.75, 3.05) is 13.1 Å². The van der Waals surface area contributed by atoms with Gasteiger partial charge in [0.25, 0.3) is 0 Å². The Morgan fingerprint density at radius 2 is 1.94 bits per heavy atom. The molecule has 3 unspecified atom stereocenters. The van der Waals surface area contributed by atoms with Crippen LogP contribution >= 0.6 is 0 Å². The molecule has 4 heterocycles. The quantitative estimate of drug-likeness (QED) is 0.561. The summed E-state index contributed by atoms with van der Waals surface area (Å²) in [4.78, 5) is 10.2. The molecule has 33 heavy (non-hydrogen) atoms. The number of alkyl halides is 3. The molecule has 5 rings (SSSR count). The van der Waals surface area contributed by atoms with Crippen molar-refractivity contribution in [1.29, 1.82) is 0 Å². The molecular formula is C22H25F3N5O2S-. The fourth-order valence-electron chi connectivity index (χ4n) is 5.67. The minimum atomic E-state index is -4.29. The molecule has 1 N–H and O–H groups in total. The Morgan fingerprint density at radius 1 is 1.15 bits per heavy atom. The summed E-state index contributed by atoms with van der Waals surface area (Å²) in [6.45, 7) is 0.152. The van der Waals surface area contributed by atoms with E-state index in [0.717, 1.165) is 34.7 Å². The number of rotatable bonds is 4. The smallest absolute Gasteiger partial charge is 0.393 e. The first-order valence-corrected chi connectivity index (χ1v) is 12.4. The summed E-state index contributed by atoms with van der Waals surface area (Å²) in [5, 5.41) is 9.44. The van der Waals surface area contributed by atoms with Crippen molar-refractivity contribution in [3.63, 3.8) is 0 Å². The first-order chi connectivity index (χ1) is 15.8. The van der Waals surface area contributed by atoms with Crippen LogP contribution in [0.15, 0.2) is 24.7 Å². The molecule has 1 saturated carbocycles. The Labute approximate surface area is 191 Å². The number of H-pyrrole nitrogens is 1. The molecule has 3 atom stereocenters. The van der Waals surface area contributed by atoms with Crippen LogP contribution in [0.25, 0.3) is 21.8 Å². The molecule has 1 saturated heterocycles. The first-order valence-electron chi connectivity index (χ1n) is 11.3. The van der Waals surface area contributed by atoms with Crippen LogP contribution in [0.1, 0.15) is 50.1 Å².